The van der Waals surface area contributed by atoms with Gasteiger partial charge in [0.05, 0.1) is 11.2 Å². The molecule has 0 aliphatic rings. The topological polar surface area (TPSA) is 121 Å². The smallest absolute Gasteiger partial charge is 0.264 e. The van der Waals surface area contributed by atoms with Crippen LogP contribution < -0.4 is 10.3 Å². The Morgan fingerprint density at radius 3 is 2.62 bits per heavy atom. The molecular weight excluding hydrogens is 330 g/mol. The van der Waals surface area contributed by atoms with Crippen molar-refractivity contribution in [2.24, 2.45) is 0 Å². The van der Waals surface area contributed by atoms with Crippen LogP contribution >= 0.6 is 0 Å². The number of fused-ring (bicyclic) bond motifs is 1. The van der Waals surface area contributed by atoms with E-state index < -0.39 is 15.6 Å². The molecule has 2 heterocycles. The van der Waals surface area contributed by atoms with E-state index >= 15 is 0 Å². The zero-order chi connectivity index (χ0) is 17.3. The van der Waals surface area contributed by atoms with Crippen LogP contribution in [0.1, 0.15) is 25.0 Å². The number of hydrogen-bond donors (Lipinski definition) is 3. The summed E-state index contributed by atoms with van der Waals surface area (Å²) in [5.41, 5.74) is 1.84. The minimum atomic E-state index is -3.86. The third kappa shape index (κ3) is 2.78. The van der Waals surface area contributed by atoms with Gasteiger partial charge in [0.15, 0.2) is 11.5 Å². The number of aryl methyl sites for hydroxylation is 2. The minimum Gasteiger partial charge on any atom is -0.312 e. The van der Waals surface area contributed by atoms with Gasteiger partial charge in [-0.15, -0.1) is 0 Å². The van der Waals surface area contributed by atoms with Crippen molar-refractivity contribution >= 4 is 26.9 Å². The molecule has 2 aromatic heterocycles. The van der Waals surface area contributed by atoms with Crippen molar-refractivity contribution in [1.29, 1.82) is 0 Å². The van der Waals surface area contributed by atoms with Crippen molar-refractivity contribution in [2.75, 3.05) is 4.72 Å². The molecule has 0 aliphatic carbocycles. The van der Waals surface area contributed by atoms with Gasteiger partial charge in [-0.1, -0.05) is 19.9 Å². The van der Waals surface area contributed by atoms with Crippen LogP contribution in [0.2, 0.25) is 0 Å². The molecule has 3 aromatic rings. The molecule has 0 aliphatic heterocycles. The van der Waals surface area contributed by atoms with Crippen LogP contribution in [-0.2, 0) is 22.9 Å². The maximum Gasteiger partial charge on any atom is 0.264 e. The third-order valence-corrected chi connectivity index (χ3v) is 5.18. The number of hydrogen-bond acceptors (Lipinski definition) is 5. The fourth-order valence-corrected chi connectivity index (χ4v) is 3.64. The van der Waals surface area contributed by atoms with E-state index in [1.165, 1.54) is 6.33 Å². The van der Waals surface area contributed by atoms with Crippen molar-refractivity contribution < 1.29 is 8.42 Å². The fraction of sp³-hybridized carbons (Fsp3) is 0.267. The Balaban J connectivity index is 2.04. The molecule has 9 heteroatoms. The second-order valence-electron chi connectivity index (χ2n) is 5.27. The molecule has 1 aromatic carbocycles. The highest BCUT2D eigenvalue weighted by atomic mass is 32.2. The average molecular weight is 347 g/mol. The first-order valence-corrected chi connectivity index (χ1v) is 9.01. The van der Waals surface area contributed by atoms with Crippen molar-refractivity contribution in [2.45, 2.75) is 31.6 Å². The number of H-pyrrole nitrogens is 2. The zero-order valence-electron chi connectivity index (χ0n) is 13.3. The van der Waals surface area contributed by atoms with Crippen LogP contribution in [0, 0.1) is 0 Å². The molecule has 0 amide bonds. The fourth-order valence-electron chi connectivity index (χ4n) is 2.57. The molecule has 0 unspecified atom stereocenters. The molecule has 0 saturated heterocycles. The summed E-state index contributed by atoms with van der Waals surface area (Å²) < 4.78 is 27.6. The van der Waals surface area contributed by atoms with E-state index in [4.69, 9.17) is 0 Å². The van der Waals surface area contributed by atoms with Gasteiger partial charge in [-0.2, -0.15) is 5.10 Å². The third-order valence-electron chi connectivity index (χ3n) is 3.84. The predicted octanol–water partition coefficient (Wildman–Crippen LogP) is 1.57. The van der Waals surface area contributed by atoms with Gasteiger partial charge in [-0.25, -0.2) is 13.4 Å². The Morgan fingerprint density at radius 2 is 1.92 bits per heavy atom. The highest BCUT2D eigenvalue weighted by molar-refractivity contribution is 7.92. The summed E-state index contributed by atoms with van der Waals surface area (Å²) in [5, 5.41) is 6.45. The number of benzene rings is 1. The first-order chi connectivity index (χ1) is 11.5. The monoisotopic (exact) mass is 347 g/mol. The van der Waals surface area contributed by atoms with Crippen molar-refractivity contribution in [3.05, 3.63) is 46.0 Å². The van der Waals surface area contributed by atoms with Crippen LogP contribution in [-0.4, -0.2) is 28.6 Å². The predicted molar refractivity (Wildman–Crippen MR) is 90.5 cm³/mol. The van der Waals surface area contributed by atoms with E-state index in [0.717, 1.165) is 24.0 Å². The van der Waals surface area contributed by atoms with E-state index in [9.17, 15) is 13.2 Å². The molecule has 0 atom stereocenters. The lowest BCUT2D eigenvalue weighted by atomic mass is 10.0. The molecule has 0 radical (unpaired) electrons. The van der Waals surface area contributed by atoms with E-state index in [0.29, 0.717) is 0 Å². The maximum atomic E-state index is 12.6. The number of sulfonamides is 1. The Labute approximate surface area is 138 Å². The summed E-state index contributed by atoms with van der Waals surface area (Å²) in [7, 11) is -3.86. The number of aromatic amines is 2. The van der Waals surface area contributed by atoms with Crippen LogP contribution in [0.15, 0.2) is 34.2 Å². The van der Waals surface area contributed by atoms with Gasteiger partial charge in [0.2, 0.25) is 0 Å². The van der Waals surface area contributed by atoms with Crippen LogP contribution in [0.25, 0.3) is 11.0 Å². The Hall–Kier alpha value is -2.68. The molecular formula is C15H17N5O3S. The number of anilines is 1. The molecule has 8 nitrogen and oxygen atoms in total. The van der Waals surface area contributed by atoms with Crippen molar-refractivity contribution in [3.63, 3.8) is 0 Å². The van der Waals surface area contributed by atoms with E-state index in [-0.39, 0.29) is 21.7 Å². The van der Waals surface area contributed by atoms with Gasteiger partial charge in [0.1, 0.15) is 5.39 Å². The lowest BCUT2D eigenvalue weighted by Crippen LogP contribution is -2.16. The van der Waals surface area contributed by atoms with E-state index in [2.05, 4.69) is 24.9 Å². The summed E-state index contributed by atoms with van der Waals surface area (Å²) in [6.45, 7) is 4.00. The Bertz CT molecular complexity index is 1050. The van der Waals surface area contributed by atoms with Crippen molar-refractivity contribution in [1.82, 2.24) is 20.2 Å². The Morgan fingerprint density at radius 1 is 1.17 bits per heavy atom. The molecule has 3 rings (SSSR count). The lowest BCUT2D eigenvalue weighted by molar-refractivity contribution is 0.601. The second kappa shape index (κ2) is 6.08. The van der Waals surface area contributed by atoms with Crippen LogP contribution in [0.3, 0.4) is 0 Å². The van der Waals surface area contributed by atoms with Gasteiger partial charge in [-0.3, -0.25) is 14.6 Å². The molecule has 0 spiro atoms. The highest BCUT2D eigenvalue weighted by Crippen LogP contribution is 2.21. The minimum absolute atomic E-state index is 0.0713. The zero-order valence-corrected chi connectivity index (χ0v) is 14.1. The molecule has 0 saturated carbocycles. The summed E-state index contributed by atoms with van der Waals surface area (Å²) in [4.78, 5) is 18.3. The average Bonchev–Trinajstić information content (AvgIpc) is 2.97. The quantitative estimate of drug-likeness (QED) is 0.647. The molecule has 126 valence electrons. The summed E-state index contributed by atoms with van der Waals surface area (Å²) >= 11 is 0. The van der Waals surface area contributed by atoms with E-state index in [1.54, 1.807) is 12.1 Å². The van der Waals surface area contributed by atoms with Gasteiger partial charge < -0.3 is 4.98 Å². The first-order valence-electron chi connectivity index (χ1n) is 7.52. The molecule has 24 heavy (non-hydrogen) atoms. The summed E-state index contributed by atoms with van der Waals surface area (Å²) in [5.74, 6) is -0.0723. The van der Waals surface area contributed by atoms with Crippen molar-refractivity contribution in [3.8, 4) is 0 Å². The molecule has 3 N–H and O–H groups in total. The number of nitrogens with one attached hydrogen (secondary N) is 3. The highest BCUT2D eigenvalue weighted by Gasteiger charge is 2.20. The maximum absolute atomic E-state index is 12.6. The van der Waals surface area contributed by atoms with E-state index in [1.807, 2.05) is 19.9 Å². The summed E-state index contributed by atoms with van der Waals surface area (Å²) in [6.07, 6.45) is 2.79. The lowest BCUT2D eigenvalue weighted by Gasteiger charge is -2.10. The number of nitrogens with zero attached hydrogens (tertiary/aromatic N) is 2. The Kier molecular flexibility index (Phi) is 4.10. The number of rotatable bonds is 5. The standard InChI is InChI=1S/C15H17N5O3S/c1-3-9-5-6-11(7-10(9)4-2)24(22,23)20-14-12-13(18-19-14)16-8-17-15(12)21/h5-8H,3-4H2,1-2H3,(H3,16,17,18,19,20,21). The largest absolute Gasteiger partial charge is 0.312 e. The second-order valence-corrected chi connectivity index (χ2v) is 6.95. The normalized spacial score (nSPS) is 11.8. The van der Waals surface area contributed by atoms with Crippen LogP contribution in [0.5, 0.6) is 0 Å². The summed E-state index contributed by atoms with van der Waals surface area (Å²) in [6, 6.07) is 5.01. The van der Waals surface area contributed by atoms with Gasteiger partial charge >= 0.3 is 0 Å². The van der Waals surface area contributed by atoms with Crippen LogP contribution in [0.4, 0.5) is 5.82 Å². The number of aromatic nitrogens is 4. The van der Waals surface area contributed by atoms with Gasteiger partial charge in [-0.05, 0) is 36.1 Å². The van der Waals surface area contributed by atoms with Gasteiger partial charge in [0, 0.05) is 0 Å². The van der Waals surface area contributed by atoms with Gasteiger partial charge in [0.25, 0.3) is 15.6 Å². The first kappa shape index (κ1) is 16.2. The molecule has 0 fully saturated rings. The SMILES string of the molecule is CCc1ccc(S(=O)(=O)Nc2n[nH]c3nc[nH]c(=O)c23)cc1CC. The molecule has 0 bridgehead atoms.